The molecule has 3 aromatic carbocycles. The zero-order chi connectivity index (χ0) is 16.3. The molecule has 3 aromatic rings. The van der Waals surface area contributed by atoms with Gasteiger partial charge in [0.05, 0.1) is 7.11 Å². The van der Waals surface area contributed by atoms with E-state index in [4.69, 9.17) is 4.74 Å². The summed E-state index contributed by atoms with van der Waals surface area (Å²) in [6.07, 6.45) is 0. The van der Waals surface area contributed by atoms with E-state index in [1.165, 1.54) is 0 Å². The second-order valence-electron chi connectivity index (χ2n) is 5.49. The summed E-state index contributed by atoms with van der Waals surface area (Å²) in [5, 5.41) is 2.46. The van der Waals surface area contributed by atoms with Crippen LogP contribution in [-0.4, -0.2) is 7.11 Å². The lowest BCUT2D eigenvalue weighted by molar-refractivity contribution is 0.415. The molecule has 3 heteroatoms. The summed E-state index contributed by atoms with van der Waals surface area (Å²) in [6.45, 7) is 1.99. The number of aryl methyl sites for hydroxylation is 1. The van der Waals surface area contributed by atoms with Crippen LogP contribution in [0.5, 0.6) is 5.75 Å². The van der Waals surface area contributed by atoms with Gasteiger partial charge in [-0.1, -0.05) is 60.7 Å². The Morgan fingerprint density at radius 1 is 0.739 bits per heavy atom. The van der Waals surface area contributed by atoms with Crippen molar-refractivity contribution in [3.8, 4) is 5.75 Å². The molecule has 0 saturated carbocycles. The van der Waals surface area contributed by atoms with Crippen molar-refractivity contribution in [1.82, 2.24) is 0 Å². The van der Waals surface area contributed by atoms with Gasteiger partial charge in [0.1, 0.15) is 5.75 Å². The van der Waals surface area contributed by atoms with Crippen LogP contribution in [0.25, 0.3) is 0 Å². The lowest BCUT2D eigenvalue weighted by atomic mass is 10.2. The molecule has 0 aliphatic rings. The number of rotatable bonds is 4. The van der Waals surface area contributed by atoms with Gasteiger partial charge in [-0.25, -0.2) is 0 Å². The van der Waals surface area contributed by atoms with Crippen LogP contribution >= 0.6 is 7.14 Å². The minimum absolute atomic E-state index is 0.729. The zero-order valence-electron chi connectivity index (χ0n) is 13.3. The molecule has 23 heavy (non-hydrogen) atoms. The van der Waals surface area contributed by atoms with Gasteiger partial charge in [0.2, 0.25) is 0 Å². The Morgan fingerprint density at radius 2 is 1.26 bits per heavy atom. The van der Waals surface area contributed by atoms with Crippen LogP contribution in [0.15, 0.2) is 78.9 Å². The molecule has 0 bridgehead atoms. The standard InChI is InChI=1S/C20H19O2P/c1-16-13-17(22-2)15-20(14-16)23(21,18-9-5-3-6-10-18)19-11-7-4-8-12-19/h3-15H,1-2H3. The Hall–Kier alpha value is -2.31. The number of ether oxygens (including phenoxy) is 1. The third kappa shape index (κ3) is 2.95. The number of methoxy groups -OCH3 is 1. The van der Waals surface area contributed by atoms with Crippen LogP contribution in [-0.2, 0) is 4.57 Å². The average Bonchev–Trinajstić information content (AvgIpc) is 2.62. The third-order valence-electron chi connectivity index (χ3n) is 3.87. The molecule has 2 nitrogen and oxygen atoms in total. The van der Waals surface area contributed by atoms with E-state index < -0.39 is 7.14 Å². The molecule has 0 aliphatic heterocycles. The van der Waals surface area contributed by atoms with Crippen LogP contribution in [0, 0.1) is 6.92 Å². The van der Waals surface area contributed by atoms with E-state index in [2.05, 4.69) is 0 Å². The fourth-order valence-electron chi connectivity index (χ4n) is 2.75. The highest BCUT2D eigenvalue weighted by atomic mass is 31.2. The fourth-order valence-corrected chi connectivity index (χ4v) is 5.52. The van der Waals surface area contributed by atoms with Gasteiger partial charge in [-0.2, -0.15) is 0 Å². The highest BCUT2D eigenvalue weighted by Crippen LogP contribution is 2.43. The van der Waals surface area contributed by atoms with Crippen molar-refractivity contribution in [2.75, 3.05) is 7.11 Å². The Bertz CT molecular complexity index is 799. The van der Waals surface area contributed by atoms with E-state index in [0.717, 1.165) is 27.2 Å². The Morgan fingerprint density at radius 3 is 1.74 bits per heavy atom. The quantitative estimate of drug-likeness (QED) is 0.686. The highest BCUT2D eigenvalue weighted by Gasteiger charge is 2.30. The molecule has 0 fully saturated rings. The van der Waals surface area contributed by atoms with Gasteiger partial charge in [0.25, 0.3) is 0 Å². The van der Waals surface area contributed by atoms with Gasteiger partial charge in [-0.3, -0.25) is 0 Å². The molecule has 0 aromatic heterocycles. The van der Waals surface area contributed by atoms with Crippen LogP contribution in [0.4, 0.5) is 0 Å². The van der Waals surface area contributed by atoms with Crippen LogP contribution in [0.3, 0.4) is 0 Å². The maximum absolute atomic E-state index is 14.2. The van der Waals surface area contributed by atoms with E-state index in [1.54, 1.807) is 7.11 Å². The van der Waals surface area contributed by atoms with Gasteiger partial charge >= 0.3 is 0 Å². The summed E-state index contributed by atoms with van der Waals surface area (Å²) in [7, 11) is -1.29. The summed E-state index contributed by atoms with van der Waals surface area (Å²) >= 11 is 0. The van der Waals surface area contributed by atoms with Crippen molar-refractivity contribution in [2.24, 2.45) is 0 Å². The summed E-state index contributed by atoms with van der Waals surface area (Å²) in [5.41, 5.74) is 1.03. The van der Waals surface area contributed by atoms with Crippen molar-refractivity contribution < 1.29 is 9.30 Å². The summed E-state index contributed by atoms with van der Waals surface area (Å²) < 4.78 is 19.6. The first-order chi connectivity index (χ1) is 11.1. The van der Waals surface area contributed by atoms with E-state index in [1.807, 2.05) is 85.8 Å². The SMILES string of the molecule is COc1cc(C)cc(P(=O)(c2ccccc2)c2ccccc2)c1. The number of hydrogen-bond donors (Lipinski definition) is 0. The van der Waals surface area contributed by atoms with Crippen LogP contribution < -0.4 is 20.7 Å². The smallest absolute Gasteiger partial charge is 0.171 e. The summed E-state index contributed by atoms with van der Waals surface area (Å²) in [5.74, 6) is 0.729. The Kier molecular flexibility index (Phi) is 4.36. The van der Waals surface area contributed by atoms with E-state index in [9.17, 15) is 4.57 Å². The Balaban J connectivity index is 2.30. The van der Waals surface area contributed by atoms with Gasteiger partial charge in [-0.15, -0.1) is 0 Å². The summed E-state index contributed by atoms with van der Waals surface area (Å²) in [6, 6.07) is 25.1. The average molecular weight is 322 g/mol. The third-order valence-corrected chi connectivity index (χ3v) is 6.91. The molecule has 0 aliphatic carbocycles. The topological polar surface area (TPSA) is 26.3 Å². The molecule has 0 saturated heterocycles. The van der Waals surface area contributed by atoms with Crippen molar-refractivity contribution in [1.29, 1.82) is 0 Å². The molecule has 0 unspecified atom stereocenters. The minimum Gasteiger partial charge on any atom is -0.497 e. The minimum atomic E-state index is -2.92. The molecule has 0 amide bonds. The first-order valence-electron chi connectivity index (χ1n) is 7.52. The molecule has 0 N–H and O–H groups in total. The number of benzene rings is 3. The molecule has 0 radical (unpaired) electrons. The monoisotopic (exact) mass is 322 g/mol. The van der Waals surface area contributed by atoms with E-state index in [0.29, 0.717) is 0 Å². The highest BCUT2D eigenvalue weighted by molar-refractivity contribution is 7.85. The van der Waals surface area contributed by atoms with Crippen LogP contribution in [0.2, 0.25) is 0 Å². The maximum atomic E-state index is 14.2. The van der Waals surface area contributed by atoms with Gasteiger partial charge in [-0.05, 0) is 30.7 Å². The van der Waals surface area contributed by atoms with E-state index in [-0.39, 0.29) is 0 Å². The van der Waals surface area contributed by atoms with Crippen LogP contribution in [0.1, 0.15) is 5.56 Å². The van der Waals surface area contributed by atoms with Crippen molar-refractivity contribution in [3.05, 3.63) is 84.4 Å². The normalized spacial score (nSPS) is 11.2. The zero-order valence-corrected chi connectivity index (χ0v) is 14.2. The maximum Gasteiger partial charge on any atom is 0.171 e. The van der Waals surface area contributed by atoms with Gasteiger partial charge in [0.15, 0.2) is 7.14 Å². The lowest BCUT2D eigenvalue weighted by Crippen LogP contribution is -2.25. The largest absolute Gasteiger partial charge is 0.497 e. The predicted octanol–water partition coefficient (Wildman–Crippen LogP) is 3.64. The first kappa shape index (κ1) is 15.6. The van der Waals surface area contributed by atoms with Crippen molar-refractivity contribution in [3.63, 3.8) is 0 Å². The molecular weight excluding hydrogens is 303 g/mol. The molecular formula is C20H19O2P. The first-order valence-corrected chi connectivity index (χ1v) is 9.23. The molecule has 116 valence electrons. The lowest BCUT2D eigenvalue weighted by Gasteiger charge is -2.21. The van der Waals surface area contributed by atoms with E-state index >= 15 is 0 Å². The molecule has 3 rings (SSSR count). The Labute approximate surface area is 137 Å². The second kappa shape index (κ2) is 6.44. The molecule has 0 atom stereocenters. The molecule has 0 heterocycles. The number of hydrogen-bond acceptors (Lipinski definition) is 2. The van der Waals surface area contributed by atoms with Crippen molar-refractivity contribution >= 4 is 23.1 Å². The van der Waals surface area contributed by atoms with Gasteiger partial charge in [0, 0.05) is 15.9 Å². The van der Waals surface area contributed by atoms with Crippen molar-refractivity contribution in [2.45, 2.75) is 6.92 Å². The predicted molar refractivity (Wildman–Crippen MR) is 97.1 cm³/mol. The molecule has 0 spiro atoms. The summed E-state index contributed by atoms with van der Waals surface area (Å²) in [4.78, 5) is 0. The fraction of sp³-hybridized carbons (Fsp3) is 0.100. The second-order valence-corrected chi connectivity index (χ2v) is 8.26. The van der Waals surface area contributed by atoms with Gasteiger partial charge < -0.3 is 9.30 Å².